The topological polar surface area (TPSA) is 30.5 Å². The Morgan fingerprint density at radius 3 is 2.57 bits per heavy atom. The highest BCUT2D eigenvalue weighted by molar-refractivity contribution is 6.26. The van der Waals surface area contributed by atoms with Crippen LogP contribution in [0.2, 0.25) is 6.04 Å². The first kappa shape index (κ1) is 14.1. The molecule has 86 valence electrons. The van der Waals surface area contributed by atoms with Gasteiger partial charge >= 0.3 is 0 Å². The van der Waals surface area contributed by atoms with Crippen LogP contribution < -0.4 is 5.32 Å². The fourth-order valence-corrected chi connectivity index (χ4v) is 2.11. The van der Waals surface area contributed by atoms with Gasteiger partial charge in [-0.05, 0) is 45.8 Å². The zero-order chi connectivity index (χ0) is 10.5. The molecule has 0 heterocycles. The maximum atomic E-state index is 5.38. The van der Waals surface area contributed by atoms with Crippen molar-refractivity contribution in [2.45, 2.75) is 32.7 Å². The minimum absolute atomic E-state index is 0.201. The molecule has 0 fully saturated rings. The molecule has 3 nitrogen and oxygen atoms in total. The van der Waals surface area contributed by atoms with Crippen LogP contribution >= 0.6 is 0 Å². The smallest absolute Gasteiger partial charge is 0.161 e. The van der Waals surface area contributed by atoms with E-state index in [2.05, 4.69) is 12.2 Å². The Kier molecular flexibility index (Phi) is 13.2. The van der Waals surface area contributed by atoms with Gasteiger partial charge in [0.25, 0.3) is 0 Å². The molecule has 0 radical (unpaired) electrons. The molecule has 0 spiro atoms. The highest BCUT2D eigenvalue weighted by Crippen LogP contribution is 1.88. The van der Waals surface area contributed by atoms with Crippen molar-refractivity contribution in [2.75, 3.05) is 32.9 Å². The van der Waals surface area contributed by atoms with Gasteiger partial charge < -0.3 is 14.5 Å². The molecule has 0 rings (SSSR count). The highest BCUT2D eigenvalue weighted by atomic mass is 28.2. The molecule has 0 amide bonds. The Morgan fingerprint density at radius 1 is 1.07 bits per heavy atom. The van der Waals surface area contributed by atoms with Crippen molar-refractivity contribution in [1.82, 2.24) is 5.32 Å². The lowest BCUT2D eigenvalue weighted by Crippen LogP contribution is -2.18. The van der Waals surface area contributed by atoms with Gasteiger partial charge in [-0.15, -0.1) is 0 Å². The van der Waals surface area contributed by atoms with E-state index >= 15 is 0 Å². The molecule has 0 unspecified atom stereocenters. The average Bonchev–Trinajstić information content (AvgIpc) is 2.21. The van der Waals surface area contributed by atoms with Gasteiger partial charge in [0.15, 0.2) is 9.76 Å². The average molecular weight is 219 g/mol. The quantitative estimate of drug-likeness (QED) is 0.414. The SMILES string of the molecule is CCOCCCNCCC[SiH2]OCC. The molecule has 0 saturated heterocycles. The molecule has 1 N–H and O–H groups in total. The van der Waals surface area contributed by atoms with Gasteiger partial charge in [-0.2, -0.15) is 0 Å². The lowest BCUT2D eigenvalue weighted by molar-refractivity contribution is 0.145. The van der Waals surface area contributed by atoms with E-state index in [0.717, 1.165) is 39.3 Å². The third-order valence-electron chi connectivity index (χ3n) is 1.94. The van der Waals surface area contributed by atoms with E-state index in [4.69, 9.17) is 9.16 Å². The molecule has 0 aromatic carbocycles. The van der Waals surface area contributed by atoms with E-state index in [-0.39, 0.29) is 9.76 Å². The van der Waals surface area contributed by atoms with E-state index in [1.54, 1.807) is 0 Å². The first-order valence-electron chi connectivity index (χ1n) is 5.78. The molecule has 0 aliphatic rings. The lowest BCUT2D eigenvalue weighted by atomic mass is 10.4. The maximum Gasteiger partial charge on any atom is 0.161 e. The van der Waals surface area contributed by atoms with Crippen molar-refractivity contribution in [3.05, 3.63) is 0 Å². The standard InChI is InChI=1S/C10H25NO2Si/c1-3-12-9-5-7-11-8-6-10-14-13-4-2/h11H,3-10,14H2,1-2H3. The summed E-state index contributed by atoms with van der Waals surface area (Å²) in [5.41, 5.74) is 0. The molecule has 0 aliphatic heterocycles. The molecular weight excluding hydrogens is 194 g/mol. The van der Waals surface area contributed by atoms with Crippen LogP contribution in [0.3, 0.4) is 0 Å². The van der Waals surface area contributed by atoms with Gasteiger partial charge in [0.2, 0.25) is 0 Å². The summed E-state index contributed by atoms with van der Waals surface area (Å²) in [7, 11) is -0.201. The van der Waals surface area contributed by atoms with Gasteiger partial charge in [0, 0.05) is 19.8 Å². The molecule has 0 aromatic heterocycles. The summed E-state index contributed by atoms with van der Waals surface area (Å²) in [5, 5.41) is 3.41. The molecule has 0 aromatic rings. The van der Waals surface area contributed by atoms with Crippen LogP contribution in [0, 0.1) is 0 Å². The summed E-state index contributed by atoms with van der Waals surface area (Å²) in [6.45, 7) is 8.93. The second-order valence-corrected chi connectivity index (χ2v) is 4.73. The van der Waals surface area contributed by atoms with Gasteiger partial charge in [-0.1, -0.05) is 0 Å². The molecule has 0 aliphatic carbocycles. The molecule has 0 bridgehead atoms. The Balaban J connectivity index is 2.78. The summed E-state index contributed by atoms with van der Waals surface area (Å²) in [5.74, 6) is 0. The van der Waals surface area contributed by atoms with Crippen LogP contribution in [-0.2, 0) is 9.16 Å². The van der Waals surface area contributed by atoms with E-state index in [0.29, 0.717) is 0 Å². The van der Waals surface area contributed by atoms with Crippen molar-refractivity contribution in [3.8, 4) is 0 Å². The maximum absolute atomic E-state index is 5.38. The normalized spacial score (nSPS) is 11.6. The zero-order valence-corrected chi connectivity index (χ0v) is 11.1. The van der Waals surface area contributed by atoms with Gasteiger partial charge in [0.1, 0.15) is 0 Å². The van der Waals surface area contributed by atoms with E-state index < -0.39 is 0 Å². The van der Waals surface area contributed by atoms with Crippen LogP contribution in [0.15, 0.2) is 0 Å². The largest absolute Gasteiger partial charge is 0.424 e. The highest BCUT2D eigenvalue weighted by Gasteiger charge is 1.90. The Hall–Kier alpha value is 0.0969. The monoisotopic (exact) mass is 219 g/mol. The van der Waals surface area contributed by atoms with Crippen LogP contribution in [0.4, 0.5) is 0 Å². The second kappa shape index (κ2) is 13.1. The van der Waals surface area contributed by atoms with E-state index in [9.17, 15) is 0 Å². The van der Waals surface area contributed by atoms with E-state index in [1.807, 2.05) is 6.92 Å². The minimum Gasteiger partial charge on any atom is -0.424 e. The molecule has 14 heavy (non-hydrogen) atoms. The summed E-state index contributed by atoms with van der Waals surface area (Å²) in [6, 6.07) is 1.30. The summed E-state index contributed by atoms with van der Waals surface area (Å²) in [4.78, 5) is 0. The first-order valence-corrected chi connectivity index (χ1v) is 7.35. The number of ether oxygens (including phenoxy) is 1. The van der Waals surface area contributed by atoms with Crippen LogP contribution in [0.5, 0.6) is 0 Å². The van der Waals surface area contributed by atoms with Gasteiger partial charge in [-0.3, -0.25) is 0 Å². The number of rotatable bonds is 11. The number of hydrogen-bond donors (Lipinski definition) is 1. The van der Waals surface area contributed by atoms with Crippen molar-refractivity contribution >= 4 is 9.76 Å². The number of nitrogens with one attached hydrogen (secondary N) is 1. The van der Waals surface area contributed by atoms with Crippen molar-refractivity contribution < 1.29 is 9.16 Å². The minimum atomic E-state index is -0.201. The molecule has 0 atom stereocenters. The van der Waals surface area contributed by atoms with Gasteiger partial charge in [-0.25, -0.2) is 0 Å². The fraction of sp³-hybridized carbons (Fsp3) is 1.00. The van der Waals surface area contributed by atoms with Crippen LogP contribution in [-0.4, -0.2) is 42.7 Å². The summed E-state index contributed by atoms with van der Waals surface area (Å²) < 4.78 is 10.6. The second-order valence-electron chi connectivity index (χ2n) is 3.20. The van der Waals surface area contributed by atoms with Crippen LogP contribution in [0.1, 0.15) is 26.7 Å². The Morgan fingerprint density at radius 2 is 1.86 bits per heavy atom. The predicted molar refractivity (Wildman–Crippen MR) is 63.6 cm³/mol. The lowest BCUT2D eigenvalue weighted by Gasteiger charge is -2.04. The van der Waals surface area contributed by atoms with Crippen molar-refractivity contribution in [3.63, 3.8) is 0 Å². The summed E-state index contributed by atoms with van der Waals surface area (Å²) in [6.07, 6.45) is 2.39. The Bertz CT molecular complexity index is 92.1. The third kappa shape index (κ3) is 12.1. The predicted octanol–water partition coefficient (Wildman–Crippen LogP) is 0.931. The zero-order valence-electron chi connectivity index (χ0n) is 9.68. The fourth-order valence-electron chi connectivity index (χ4n) is 1.17. The van der Waals surface area contributed by atoms with Gasteiger partial charge in [0.05, 0.1) is 0 Å². The van der Waals surface area contributed by atoms with Crippen molar-refractivity contribution in [1.29, 1.82) is 0 Å². The first-order chi connectivity index (χ1) is 6.91. The molecule has 4 heteroatoms. The third-order valence-corrected chi connectivity index (χ3v) is 3.43. The molecule has 0 saturated carbocycles. The van der Waals surface area contributed by atoms with E-state index in [1.165, 1.54) is 12.5 Å². The Labute approximate surface area is 90.5 Å². The summed E-state index contributed by atoms with van der Waals surface area (Å²) >= 11 is 0. The molecular formula is C10H25NO2Si. The number of hydrogen-bond acceptors (Lipinski definition) is 3. The van der Waals surface area contributed by atoms with Crippen molar-refractivity contribution in [2.24, 2.45) is 0 Å². The van der Waals surface area contributed by atoms with Crippen LogP contribution in [0.25, 0.3) is 0 Å².